The molecule has 1 atom stereocenters. The van der Waals surface area contributed by atoms with Gasteiger partial charge in [0.15, 0.2) is 0 Å². The summed E-state index contributed by atoms with van der Waals surface area (Å²) in [4.78, 5) is 0. The van der Waals surface area contributed by atoms with Crippen molar-refractivity contribution in [1.82, 2.24) is 5.32 Å². The number of aliphatic hydroxyl groups excluding tert-OH is 1. The minimum absolute atomic E-state index is 0.0690. The van der Waals surface area contributed by atoms with Gasteiger partial charge < -0.3 is 10.4 Å². The van der Waals surface area contributed by atoms with Gasteiger partial charge in [0.1, 0.15) is 5.82 Å². The van der Waals surface area contributed by atoms with E-state index < -0.39 is 6.10 Å². The van der Waals surface area contributed by atoms with Crippen LogP contribution in [0.3, 0.4) is 0 Å². The zero-order valence-electron chi connectivity index (χ0n) is 14.3. The van der Waals surface area contributed by atoms with E-state index in [0.29, 0.717) is 5.56 Å². The van der Waals surface area contributed by atoms with Crippen molar-refractivity contribution in [3.63, 3.8) is 0 Å². The van der Waals surface area contributed by atoms with Gasteiger partial charge in [0, 0.05) is 11.1 Å². The first-order chi connectivity index (χ1) is 12.1. The lowest BCUT2D eigenvalue weighted by Crippen LogP contribution is -2.46. The highest BCUT2D eigenvalue weighted by atomic mass is 19.1. The van der Waals surface area contributed by atoms with Crippen LogP contribution in [-0.2, 0) is 0 Å². The Bertz CT molecular complexity index is 763. The van der Waals surface area contributed by atoms with Gasteiger partial charge in [-0.3, -0.25) is 0 Å². The van der Waals surface area contributed by atoms with Crippen LogP contribution in [0, 0.1) is 5.82 Å². The summed E-state index contributed by atoms with van der Waals surface area (Å²) in [5.41, 5.74) is 1.64. The van der Waals surface area contributed by atoms with Crippen LogP contribution in [0.2, 0.25) is 0 Å². The molecule has 0 spiro atoms. The number of halogens is 1. The summed E-state index contributed by atoms with van der Waals surface area (Å²) in [6.45, 7) is 0. The highest BCUT2D eigenvalue weighted by Gasteiger charge is 2.56. The van der Waals surface area contributed by atoms with Crippen LogP contribution in [0.4, 0.5) is 4.39 Å². The van der Waals surface area contributed by atoms with Crippen molar-refractivity contribution in [1.29, 1.82) is 0 Å². The molecule has 2 heterocycles. The van der Waals surface area contributed by atoms with E-state index in [1.54, 1.807) is 6.07 Å². The number of fused-ring (bicyclic) bond motifs is 2. The van der Waals surface area contributed by atoms with Gasteiger partial charge in [-0.1, -0.05) is 54.6 Å². The summed E-state index contributed by atoms with van der Waals surface area (Å²) < 4.78 is 13.5. The van der Waals surface area contributed by atoms with E-state index in [-0.39, 0.29) is 16.9 Å². The molecule has 2 bridgehead atoms. The average Bonchev–Trinajstić information content (AvgIpc) is 3.19. The maximum Gasteiger partial charge on any atom is 0.123 e. The second-order valence-electron chi connectivity index (χ2n) is 7.54. The minimum atomic E-state index is -0.661. The molecule has 2 nitrogen and oxygen atoms in total. The summed E-state index contributed by atoms with van der Waals surface area (Å²) in [6, 6.07) is 16.7. The number of hydrogen-bond donors (Lipinski definition) is 2. The van der Waals surface area contributed by atoms with Crippen molar-refractivity contribution in [3.8, 4) is 0 Å². The van der Waals surface area contributed by atoms with Crippen molar-refractivity contribution < 1.29 is 9.50 Å². The summed E-state index contributed by atoms with van der Waals surface area (Å²) in [5, 5.41) is 14.6. The Morgan fingerprint density at radius 1 is 1.04 bits per heavy atom. The standard InChI is InChI=1S/C22H24FNO/c23-19-10-4-9-18(16-19)20(25)22-14-12-21(24-22,13-15-22)11-5-8-17-6-2-1-3-7-17/h1-10,16,20,24-25H,11-15H2/t20-,21?,22?/m1/s1. The number of hydrogen-bond acceptors (Lipinski definition) is 2. The molecule has 0 aliphatic carbocycles. The van der Waals surface area contributed by atoms with Gasteiger partial charge in [0.2, 0.25) is 0 Å². The zero-order valence-corrected chi connectivity index (χ0v) is 14.3. The molecule has 2 aliphatic heterocycles. The van der Waals surface area contributed by atoms with Gasteiger partial charge >= 0.3 is 0 Å². The lowest BCUT2D eigenvalue weighted by molar-refractivity contribution is 0.0734. The van der Waals surface area contributed by atoms with Crippen molar-refractivity contribution in [2.45, 2.75) is 49.3 Å². The van der Waals surface area contributed by atoms with E-state index >= 15 is 0 Å². The quantitative estimate of drug-likeness (QED) is 0.834. The van der Waals surface area contributed by atoms with E-state index in [1.807, 2.05) is 24.3 Å². The molecule has 2 N–H and O–H groups in total. The fourth-order valence-electron chi connectivity index (χ4n) is 4.53. The van der Waals surface area contributed by atoms with Crippen LogP contribution in [0.1, 0.15) is 49.3 Å². The van der Waals surface area contributed by atoms with Gasteiger partial charge in [-0.25, -0.2) is 4.39 Å². The smallest absolute Gasteiger partial charge is 0.123 e. The Hall–Kier alpha value is -1.97. The van der Waals surface area contributed by atoms with Crippen LogP contribution in [0.5, 0.6) is 0 Å². The maximum absolute atomic E-state index is 13.5. The van der Waals surface area contributed by atoms with Gasteiger partial charge in [-0.15, -0.1) is 0 Å². The predicted octanol–water partition coefficient (Wildman–Crippen LogP) is 4.62. The maximum atomic E-state index is 13.5. The molecule has 0 saturated carbocycles. The molecule has 0 radical (unpaired) electrons. The molecule has 3 heteroatoms. The van der Waals surface area contributed by atoms with Crippen molar-refractivity contribution >= 4 is 6.08 Å². The third kappa shape index (κ3) is 3.14. The lowest BCUT2D eigenvalue weighted by Gasteiger charge is -2.32. The van der Waals surface area contributed by atoms with Gasteiger partial charge in [-0.2, -0.15) is 0 Å². The van der Waals surface area contributed by atoms with Crippen molar-refractivity contribution in [3.05, 3.63) is 77.6 Å². The number of nitrogens with one attached hydrogen (secondary N) is 1. The van der Waals surface area contributed by atoms with Gasteiger partial charge in [0.05, 0.1) is 6.10 Å². The Balaban J connectivity index is 1.46. The van der Waals surface area contributed by atoms with E-state index in [2.05, 4.69) is 29.6 Å². The fraction of sp³-hybridized carbons (Fsp3) is 0.364. The lowest BCUT2D eigenvalue weighted by atomic mass is 9.76. The molecule has 130 valence electrons. The normalized spacial score (nSPS) is 29.4. The molecular weight excluding hydrogens is 313 g/mol. The Morgan fingerprint density at radius 2 is 1.80 bits per heavy atom. The molecule has 2 aliphatic rings. The van der Waals surface area contributed by atoms with Crippen molar-refractivity contribution in [2.24, 2.45) is 0 Å². The first kappa shape index (κ1) is 16.5. The summed E-state index contributed by atoms with van der Waals surface area (Å²) >= 11 is 0. The summed E-state index contributed by atoms with van der Waals surface area (Å²) in [7, 11) is 0. The Labute approximate surface area is 148 Å². The molecule has 0 aromatic heterocycles. The molecule has 0 amide bonds. The Morgan fingerprint density at radius 3 is 2.52 bits per heavy atom. The first-order valence-electron chi connectivity index (χ1n) is 9.05. The second-order valence-corrected chi connectivity index (χ2v) is 7.54. The van der Waals surface area contributed by atoms with Crippen LogP contribution in [0.15, 0.2) is 60.7 Å². The van der Waals surface area contributed by atoms with Crippen LogP contribution < -0.4 is 5.32 Å². The monoisotopic (exact) mass is 337 g/mol. The van der Waals surface area contributed by atoms with Crippen LogP contribution in [0.25, 0.3) is 6.08 Å². The largest absolute Gasteiger partial charge is 0.386 e. The molecular formula is C22H24FNO. The number of aliphatic hydroxyl groups is 1. The second kappa shape index (κ2) is 6.40. The molecule has 0 unspecified atom stereocenters. The molecule has 2 fully saturated rings. The summed E-state index contributed by atoms with van der Waals surface area (Å²) in [5.74, 6) is -0.291. The Kier molecular flexibility index (Phi) is 4.22. The molecule has 2 aromatic rings. The number of rotatable bonds is 5. The van der Waals surface area contributed by atoms with Gasteiger partial charge in [0.25, 0.3) is 0 Å². The van der Waals surface area contributed by atoms with Crippen LogP contribution >= 0.6 is 0 Å². The molecule has 4 rings (SSSR count). The van der Waals surface area contributed by atoms with E-state index in [0.717, 1.165) is 32.1 Å². The van der Waals surface area contributed by atoms with Gasteiger partial charge in [-0.05, 0) is 55.4 Å². The molecule has 2 saturated heterocycles. The molecule has 2 aromatic carbocycles. The van der Waals surface area contributed by atoms with Crippen molar-refractivity contribution in [2.75, 3.05) is 0 Å². The SMILES string of the molecule is O[C@H](c1cccc(F)c1)C12CCC(CC=Cc3ccccc3)(CC1)N2. The highest BCUT2D eigenvalue weighted by molar-refractivity contribution is 5.49. The van der Waals surface area contributed by atoms with E-state index in [9.17, 15) is 9.50 Å². The third-order valence-corrected chi connectivity index (χ3v) is 5.92. The third-order valence-electron chi connectivity index (χ3n) is 5.92. The number of benzene rings is 2. The summed E-state index contributed by atoms with van der Waals surface area (Å²) in [6.07, 6.45) is 8.67. The zero-order chi connectivity index (χ0) is 17.3. The van der Waals surface area contributed by atoms with E-state index in [1.165, 1.54) is 17.7 Å². The van der Waals surface area contributed by atoms with E-state index in [4.69, 9.17) is 0 Å². The predicted molar refractivity (Wildman–Crippen MR) is 98.5 cm³/mol. The highest BCUT2D eigenvalue weighted by Crippen LogP contribution is 2.52. The first-order valence-corrected chi connectivity index (χ1v) is 9.05. The fourth-order valence-corrected chi connectivity index (χ4v) is 4.53. The topological polar surface area (TPSA) is 32.3 Å². The molecule has 25 heavy (non-hydrogen) atoms. The average molecular weight is 337 g/mol. The van der Waals surface area contributed by atoms with Crippen LogP contribution in [-0.4, -0.2) is 16.2 Å². The minimum Gasteiger partial charge on any atom is -0.386 e.